The van der Waals surface area contributed by atoms with Crippen LogP contribution in [0.5, 0.6) is 0 Å². The van der Waals surface area contributed by atoms with E-state index >= 15 is 0 Å². The van der Waals surface area contributed by atoms with Gasteiger partial charge in [-0.2, -0.15) is 0 Å². The lowest BCUT2D eigenvalue weighted by Gasteiger charge is -2.07. The van der Waals surface area contributed by atoms with Crippen LogP contribution in [0.15, 0.2) is 23.3 Å². The van der Waals surface area contributed by atoms with Crippen LogP contribution in [-0.2, 0) is 0 Å². The third-order valence-electron chi connectivity index (χ3n) is 2.62. The van der Waals surface area contributed by atoms with E-state index in [0.29, 0.717) is 0 Å². The predicted octanol–water partition coefficient (Wildman–Crippen LogP) is 3.06. The average molecular weight is 134 g/mol. The van der Waals surface area contributed by atoms with E-state index in [-0.39, 0.29) is 0 Å². The molecule has 0 N–H and O–H groups in total. The molecule has 2 bridgehead atoms. The highest BCUT2D eigenvalue weighted by Gasteiger charge is 2.27. The summed E-state index contributed by atoms with van der Waals surface area (Å²) < 4.78 is 0. The van der Waals surface area contributed by atoms with Crippen molar-refractivity contribution in [1.29, 1.82) is 0 Å². The molecule has 0 aliphatic heterocycles. The summed E-state index contributed by atoms with van der Waals surface area (Å²) in [5.74, 6) is 0.926. The van der Waals surface area contributed by atoms with Crippen molar-refractivity contribution in [3.05, 3.63) is 23.3 Å². The summed E-state index contributed by atoms with van der Waals surface area (Å²) in [7, 11) is 0. The Bertz CT molecular complexity index is 196. The van der Waals surface area contributed by atoms with Crippen molar-refractivity contribution in [2.24, 2.45) is 5.92 Å². The second-order valence-corrected chi connectivity index (χ2v) is 3.36. The largest absolute Gasteiger partial charge is 0.0850 e. The van der Waals surface area contributed by atoms with Crippen molar-refractivity contribution in [3.63, 3.8) is 0 Å². The Hall–Kier alpha value is -0.520. The van der Waals surface area contributed by atoms with Crippen molar-refractivity contribution < 1.29 is 0 Å². The van der Waals surface area contributed by atoms with Gasteiger partial charge >= 0.3 is 0 Å². The number of hydrogen-bond donors (Lipinski definition) is 0. The van der Waals surface area contributed by atoms with Crippen LogP contribution in [0.2, 0.25) is 0 Å². The fourth-order valence-corrected chi connectivity index (χ4v) is 2.13. The van der Waals surface area contributed by atoms with E-state index in [0.717, 1.165) is 5.92 Å². The number of hydrogen-bond acceptors (Lipinski definition) is 0. The number of allylic oxidation sites excluding steroid dienone is 4. The first kappa shape index (κ1) is 6.21. The normalized spacial score (nSPS) is 33.5. The van der Waals surface area contributed by atoms with Crippen molar-refractivity contribution in [3.8, 4) is 0 Å². The minimum atomic E-state index is 0.926. The highest BCUT2D eigenvalue weighted by Crippen LogP contribution is 2.43. The second-order valence-electron chi connectivity index (χ2n) is 3.36. The van der Waals surface area contributed by atoms with Gasteiger partial charge in [-0.25, -0.2) is 0 Å². The zero-order valence-electron chi connectivity index (χ0n) is 6.56. The van der Waals surface area contributed by atoms with E-state index in [1.165, 1.54) is 25.7 Å². The average Bonchev–Trinajstić information content (AvgIpc) is 2.48. The topological polar surface area (TPSA) is 0 Å². The zero-order chi connectivity index (χ0) is 6.97. The molecule has 2 rings (SSSR count). The quantitative estimate of drug-likeness (QED) is 0.483. The Morgan fingerprint density at radius 2 is 2.60 bits per heavy atom. The summed E-state index contributed by atoms with van der Waals surface area (Å²) in [6, 6.07) is 0. The minimum Gasteiger partial charge on any atom is -0.0850 e. The molecular weight excluding hydrogens is 120 g/mol. The molecule has 0 aromatic heterocycles. The summed E-state index contributed by atoms with van der Waals surface area (Å²) in [4.78, 5) is 0. The monoisotopic (exact) mass is 134 g/mol. The molecule has 0 saturated heterocycles. The molecule has 10 heavy (non-hydrogen) atoms. The summed E-state index contributed by atoms with van der Waals surface area (Å²) in [5.41, 5.74) is 3.42. The van der Waals surface area contributed by atoms with Crippen LogP contribution >= 0.6 is 0 Å². The van der Waals surface area contributed by atoms with Gasteiger partial charge in [0.25, 0.3) is 0 Å². The first-order chi connectivity index (χ1) is 4.90. The maximum Gasteiger partial charge on any atom is -0.0105 e. The Morgan fingerprint density at radius 1 is 1.70 bits per heavy atom. The molecule has 1 unspecified atom stereocenters. The predicted molar refractivity (Wildman–Crippen MR) is 43.8 cm³/mol. The standard InChI is InChI=1S/C10H14/c1-2-3-9-6-8-4-5-10(9)7-8/h3-4,10H,2,5-7H2,1H3. The first-order valence-electron chi connectivity index (χ1n) is 4.27. The molecule has 1 saturated carbocycles. The number of rotatable bonds is 1. The van der Waals surface area contributed by atoms with Crippen LogP contribution < -0.4 is 0 Å². The summed E-state index contributed by atoms with van der Waals surface area (Å²) in [6.07, 6.45) is 10.1. The van der Waals surface area contributed by atoms with Gasteiger partial charge in [0.15, 0.2) is 0 Å². The first-order valence-corrected chi connectivity index (χ1v) is 4.27. The van der Waals surface area contributed by atoms with Crippen molar-refractivity contribution in [2.45, 2.75) is 32.6 Å². The van der Waals surface area contributed by atoms with Gasteiger partial charge in [-0.15, -0.1) is 0 Å². The molecule has 1 atom stereocenters. The summed E-state index contributed by atoms with van der Waals surface area (Å²) in [6.45, 7) is 2.23. The van der Waals surface area contributed by atoms with Crippen molar-refractivity contribution in [1.82, 2.24) is 0 Å². The third-order valence-corrected chi connectivity index (χ3v) is 2.62. The Kier molecular flexibility index (Phi) is 1.40. The van der Waals surface area contributed by atoms with Gasteiger partial charge in [0, 0.05) is 0 Å². The van der Waals surface area contributed by atoms with Gasteiger partial charge in [-0.3, -0.25) is 0 Å². The van der Waals surface area contributed by atoms with E-state index in [1.54, 1.807) is 11.1 Å². The maximum absolute atomic E-state index is 2.43. The van der Waals surface area contributed by atoms with Gasteiger partial charge in [-0.1, -0.05) is 30.2 Å². The van der Waals surface area contributed by atoms with Gasteiger partial charge in [0.1, 0.15) is 0 Å². The molecule has 2 aliphatic carbocycles. The fourth-order valence-electron chi connectivity index (χ4n) is 2.13. The van der Waals surface area contributed by atoms with E-state index in [4.69, 9.17) is 0 Å². The molecule has 0 heterocycles. The van der Waals surface area contributed by atoms with E-state index in [1.807, 2.05) is 0 Å². The molecule has 54 valence electrons. The Morgan fingerprint density at radius 3 is 3.10 bits per heavy atom. The molecule has 1 fully saturated rings. The lowest BCUT2D eigenvalue weighted by Crippen LogP contribution is -1.93. The van der Waals surface area contributed by atoms with Crippen molar-refractivity contribution >= 4 is 0 Å². The molecular formula is C10H14. The van der Waals surface area contributed by atoms with Gasteiger partial charge in [-0.05, 0) is 31.6 Å². The summed E-state index contributed by atoms with van der Waals surface area (Å²) >= 11 is 0. The van der Waals surface area contributed by atoms with Crippen LogP contribution in [0, 0.1) is 5.92 Å². The Balaban J connectivity index is 2.17. The van der Waals surface area contributed by atoms with Crippen LogP contribution in [-0.4, -0.2) is 0 Å². The highest BCUT2D eigenvalue weighted by atomic mass is 14.3. The summed E-state index contributed by atoms with van der Waals surface area (Å²) in [5, 5.41) is 0. The molecule has 0 nitrogen and oxygen atoms in total. The smallest absolute Gasteiger partial charge is 0.0105 e. The van der Waals surface area contributed by atoms with Crippen LogP contribution in [0.1, 0.15) is 32.6 Å². The number of fused-ring (bicyclic) bond motifs is 2. The fraction of sp³-hybridized carbons (Fsp3) is 0.600. The molecule has 0 amide bonds. The lowest BCUT2D eigenvalue weighted by molar-refractivity contribution is 0.693. The highest BCUT2D eigenvalue weighted by molar-refractivity contribution is 5.32. The Labute approximate surface area is 62.6 Å². The minimum absolute atomic E-state index is 0.926. The molecule has 0 aromatic rings. The van der Waals surface area contributed by atoms with Crippen LogP contribution in [0.3, 0.4) is 0 Å². The molecule has 0 heteroatoms. The SMILES string of the molecule is CCC=C1CC2=CCC1C2. The molecule has 2 aliphatic rings. The van der Waals surface area contributed by atoms with Crippen molar-refractivity contribution in [2.75, 3.05) is 0 Å². The van der Waals surface area contributed by atoms with Crippen LogP contribution in [0.4, 0.5) is 0 Å². The van der Waals surface area contributed by atoms with E-state index < -0.39 is 0 Å². The zero-order valence-corrected chi connectivity index (χ0v) is 6.56. The maximum atomic E-state index is 2.43. The molecule has 0 radical (unpaired) electrons. The van der Waals surface area contributed by atoms with E-state index in [9.17, 15) is 0 Å². The second kappa shape index (κ2) is 2.26. The molecule has 0 spiro atoms. The van der Waals surface area contributed by atoms with Gasteiger partial charge in [0.2, 0.25) is 0 Å². The van der Waals surface area contributed by atoms with Crippen LogP contribution in [0.25, 0.3) is 0 Å². The third kappa shape index (κ3) is 0.828. The van der Waals surface area contributed by atoms with Gasteiger partial charge in [0.05, 0.1) is 0 Å². The van der Waals surface area contributed by atoms with Gasteiger partial charge < -0.3 is 0 Å². The molecule has 0 aromatic carbocycles. The lowest BCUT2D eigenvalue weighted by atomic mass is 9.98. The van der Waals surface area contributed by atoms with E-state index in [2.05, 4.69) is 19.1 Å².